The van der Waals surface area contributed by atoms with Crippen LogP contribution < -0.4 is 0 Å². The summed E-state index contributed by atoms with van der Waals surface area (Å²) in [5.74, 6) is -0.954. The van der Waals surface area contributed by atoms with Gasteiger partial charge in [-0.25, -0.2) is 0 Å². The second-order valence-corrected chi connectivity index (χ2v) is 1.87. The van der Waals surface area contributed by atoms with E-state index in [1.54, 1.807) is 0 Å². The Morgan fingerprint density at radius 1 is 1.64 bits per heavy atom. The van der Waals surface area contributed by atoms with E-state index in [0.717, 1.165) is 0 Å². The topological polar surface area (TPSA) is 61.2 Å². The van der Waals surface area contributed by atoms with Gasteiger partial charge in [0, 0.05) is 0 Å². The summed E-state index contributed by atoms with van der Waals surface area (Å²) < 4.78 is 0. The van der Waals surface area contributed by atoms with Gasteiger partial charge in [0.15, 0.2) is 0 Å². The number of carbonyl (C=O) groups is 1. The summed E-state index contributed by atoms with van der Waals surface area (Å²) in [4.78, 5) is 9.96. The monoisotopic (exact) mass is 146 g/mol. The van der Waals surface area contributed by atoms with Gasteiger partial charge in [-0.15, -0.1) is 0 Å². The Kier molecular flexibility index (Phi) is 4.18. The Bertz CT molecular complexity index is 223. The number of allylic oxidation sites excluding steroid dienone is 1. The van der Waals surface area contributed by atoms with E-state index in [2.05, 4.69) is 0 Å². The van der Waals surface area contributed by atoms with Crippen molar-refractivity contribution in [1.82, 2.24) is 0 Å². The summed E-state index contributed by atoms with van der Waals surface area (Å²) in [5.41, 5.74) is -0.0637. The van der Waals surface area contributed by atoms with Crippen molar-refractivity contribution >= 4 is 32.4 Å². The third-order valence-electron chi connectivity index (χ3n) is 0.888. The van der Waals surface area contributed by atoms with Gasteiger partial charge in [0.1, 0.15) is 0 Å². The number of carboxylic acids is 1. The minimum atomic E-state index is -0.954. The first-order valence-corrected chi connectivity index (χ1v) is 2.89. The zero-order chi connectivity index (χ0) is 8.85. The molecule has 0 aliphatic carbocycles. The molecule has 0 unspecified atom stereocenters. The van der Waals surface area contributed by atoms with Crippen molar-refractivity contribution in [1.29, 1.82) is 5.41 Å². The molecule has 0 aliphatic rings. The quantitative estimate of drug-likeness (QED) is 0.414. The summed E-state index contributed by atoms with van der Waals surface area (Å²) in [7, 11) is 10.0. The SMILES string of the molecule is [B]C(=[B])C(=N)C=CCC(=O)O. The van der Waals surface area contributed by atoms with Gasteiger partial charge in [-0.05, 0) is 0 Å². The van der Waals surface area contributed by atoms with E-state index >= 15 is 0 Å². The molecule has 0 spiro atoms. The van der Waals surface area contributed by atoms with Crippen LogP contribution in [0.2, 0.25) is 0 Å². The summed E-state index contributed by atoms with van der Waals surface area (Å²) in [6, 6.07) is 0. The molecule has 0 aromatic rings. The van der Waals surface area contributed by atoms with E-state index < -0.39 is 5.97 Å². The number of hydrogen-bond acceptors (Lipinski definition) is 2. The molecule has 0 heterocycles. The van der Waals surface area contributed by atoms with Crippen molar-refractivity contribution in [3.8, 4) is 0 Å². The predicted molar refractivity (Wildman–Crippen MR) is 45.6 cm³/mol. The van der Waals surface area contributed by atoms with Crippen LogP contribution in [0.4, 0.5) is 0 Å². The zero-order valence-corrected chi connectivity index (χ0v) is 5.87. The first-order chi connectivity index (χ1) is 5.04. The molecule has 0 fully saturated rings. The van der Waals surface area contributed by atoms with Crippen LogP contribution in [0.1, 0.15) is 6.42 Å². The molecule has 11 heavy (non-hydrogen) atoms. The third kappa shape index (κ3) is 5.33. The Morgan fingerprint density at radius 2 is 2.18 bits per heavy atom. The van der Waals surface area contributed by atoms with E-state index in [1.807, 2.05) is 0 Å². The molecule has 3 radical (unpaired) electrons. The second-order valence-electron chi connectivity index (χ2n) is 1.87. The predicted octanol–water partition coefficient (Wildman–Crippen LogP) is -0.496. The second kappa shape index (κ2) is 4.66. The molecule has 0 atom stereocenters. The number of rotatable bonds is 4. The molecule has 0 saturated heterocycles. The van der Waals surface area contributed by atoms with Gasteiger partial charge in [0.25, 0.3) is 0 Å². The van der Waals surface area contributed by atoms with Crippen LogP contribution in [0, 0.1) is 5.41 Å². The first-order valence-electron chi connectivity index (χ1n) is 2.89. The van der Waals surface area contributed by atoms with Gasteiger partial charge < -0.3 is 0 Å². The Labute approximate surface area is 67.1 Å². The fraction of sp³-hybridized carbons (Fsp3) is 0.167. The Morgan fingerprint density at radius 3 is 2.55 bits per heavy atom. The van der Waals surface area contributed by atoms with Crippen molar-refractivity contribution in [2.75, 3.05) is 0 Å². The van der Waals surface area contributed by atoms with Crippen molar-refractivity contribution in [3.63, 3.8) is 0 Å². The van der Waals surface area contributed by atoms with E-state index in [1.165, 1.54) is 12.2 Å². The summed E-state index contributed by atoms with van der Waals surface area (Å²) in [6.45, 7) is 0. The van der Waals surface area contributed by atoms with Gasteiger partial charge >= 0.3 is 66.3 Å². The molecule has 0 aromatic carbocycles. The van der Waals surface area contributed by atoms with Gasteiger partial charge in [0.2, 0.25) is 0 Å². The van der Waals surface area contributed by atoms with Gasteiger partial charge in [-0.3, -0.25) is 0 Å². The van der Waals surface area contributed by atoms with Crippen molar-refractivity contribution in [3.05, 3.63) is 12.2 Å². The first kappa shape index (κ1) is 9.88. The molecule has 3 nitrogen and oxygen atoms in total. The molecular formula is C6H6B2NO2. The van der Waals surface area contributed by atoms with Crippen molar-refractivity contribution < 1.29 is 9.90 Å². The minimum absolute atomic E-state index is 0.0637. The Hall–Kier alpha value is -1.12. The van der Waals surface area contributed by atoms with E-state index in [4.69, 9.17) is 25.8 Å². The van der Waals surface area contributed by atoms with Crippen LogP contribution in [0.3, 0.4) is 0 Å². The van der Waals surface area contributed by atoms with E-state index in [9.17, 15) is 4.79 Å². The average molecular weight is 146 g/mol. The average Bonchev–Trinajstić information content (AvgIpc) is 1.86. The molecule has 0 saturated carbocycles. The Balaban J connectivity index is 3.84. The fourth-order valence-electron chi connectivity index (χ4n) is 0.374. The molecule has 5 heteroatoms. The third-order valence-corrected chi connectivity index (χ3v) is 0.888. The molecular weight excluding hydrogens is 140 g/mol. The van der Waals surface area contributed by atoms with Gasteiger partial charge in [-0.2, -0.15) is 0 Å². The maximum atomic E-state index is 9.96. The fourth-order valence-corrected chi connectivity index (χ4v) is 0.374. The molecule has 0 amide bonds. The number of nitrogens with one attached hydrogen (secondary N) is 1. The summed E-state index contributed by atoms with van der Waals surface area (Å²) in [6.07, 6.45) is 2.43. The number of hydrogen-bond donors (Lipinski definition) is 2. The van der Waals surface area contributed by atoms with Crippen molar-refractivity contribution in [2.24, 2.45) is 0 Å². The van der Waals surface area contributed by atoms with Crippen LogP contribution in [0.15, 0.2) is 12.2 Å². The van der Waals surface area contributed by atoms with E-state index in [-0.39, 0.29) is 17.5 Å². The van der Waals surface area contributed by atoms with Gasteiger partial charge in [-0.1, -0.05) is 0 Å². The molecule has 0 rings (SSSR count). The molecule has 53 valence electrons. The maximum absolute atomic E-state index is 9.96. The van der Waals surface area contributed by atoms with Gasteiger partial charge in [0.05, 0.1) is 0 Å². The van der Waals surface area contributed by atoms with Crippen LogP contribution >= 0.6 is 0 Å². The van der Waals surface area contributed by atoms with Crippen LogP contribution in [-0.2, 0) is 4.79 Å². The molecule has 0 aromatic heterocycles. The number of aliphatic carboxylic acids is 1. The molecule has 0 bridgehead atoms. The van der Waals surface area contributed by atoms with Crippen LogP contribution in [0.5, 0.6) is 0 Å². The molecule has 2 N–H and O–H groups in total. The standard InChI is InChI=1S/C6H6B2NO2/c7-6(8)4(9)2-1-3-5(10)11/h1-2,9H,3H2,(H,10,11). The normalized spacial score (nSPS) is 9.73. The molecule has 0 aliphatic heterocycles. The van der Waals surface area contributed by atoms with E-state index in [0.29, 0.717) is 0 Å². The summed E-state index contributed by atoms with van der Waals surface area (Å²) in [5, 5.41) is 15.1. The summed E-state index contributed by atoms with van der Waals surface area (Å²) >= 11 is 0. The van der Waals surface area contributed by atoms with Crippen molar-refractivity contribution in [2.45, 2.75) is 6.42 Å². The van der Waals surface area contributed by atoms with Crippen LogP contribution in [-0.4, -0.2) is 37.5 Å². The van der Waals surface area contributed by atoms with Crippen LogP contribution in [0.25, 0.3) is 0 Å². The zero-order valence-electron chi connectivity index (χ0n) is 5.87. The number of carboxylic acid groups (broad SMARTS) is 1.